The van der Waals surface area contributed by atoms with Gasteiger partial charge in [-0.2, -0.15) is 0 Å². The van der Waals surface area contributed by atoms with Crippen LogP contribution < -0.4 is 0 Å². The lowest BCUT2D eigenvalue weighted by Crippen LogP contribution is -2.16. The number of carbonyl (C=O) groups excluding carboxylic acids is 1. The minimum absolute atomic E-state index is 0.0353. The van der Waals surface area contributed by atoms with Gasteiger partial charge in [-0.25, -0.2) is 0 Å². The van der Waals surface area contributed by atoms with E-state index in [0.29, 0.717) is 12.3 Å². The molecule has 0 saturated carbocycles. The molecule has 0 spiro atoms. The van der Waals surface area contributed by atoms with Crippen molar-refractivity contribution >= 4 is 5.97 Å². The molecule has 0 aromatic heterocycles. The van der Waals surface area contributed by atoms with Gasteiger partial charge in [-0.3, -0.25) is 4.79 Å². The Bertz CT molecular complexity index is 138. The van der Waals surface area contributed by atoms with Gasteiger partial charge in [0.2, 0.25) is 0 Å². The second-order valence-corrected chi connectivity index (χ2v) is 4.19. The van der Waals surface area contributed by atoms with E-state index in [0.717, 1.165) is 25.7 Å². The van der Waals surface area contributed by atoms with E-state index in [1.165, 1.54) is 0 Å². The molecule has 0 aliphatic carbocycles. The first-order valence-corrected chi connectivity index (χ1v) is 5.79. The van der Waals surface area contributed by atoms with E-state index in [-0.39, 0.29) is 12.1 Å². The van der Waals surface area contributed by atoms with E-state index in [4.69, 9.17) is 4.74 Å². The van der Waals surface area contributed by atoms with Gasteiger partial charge in [-0.15, -0.1) is 0 Å². The first-order valence-electron chi connectivity index (χ1n) is 5.79. The Balaban J connectivity index is 3.63. The normalized spacial score (nSPS) is 14.9. The van der Waals surface area contributed by atoms with Gasteiger partial charge in [0.25, 0.3) is 0 Å². The number of carbonyl (C=O) groups is 1. The van der Waals surface area contributed by atoms with Gasteiger partial charge in [0.15, 0.2) is 0 Å². The van der Waals surface area contributed by atoms with Gasteiger partial charge in [-0.05, 0) is 19.3 Å². The Labute approximate surface area is 88.0 Å². The summed E-state index contributed by atoms with van der Waals surface area (Å²) in [7, 11) is 0. The van der Waals surface area contributed by atoms with E-state index in [9.17, 15) is 4.79 Å². The van der Waals surface area contributed by atoms with Crippen LogP contribution in [0.2, 0.25) is 0 Å². The fourth-order valence-electron chi connectivity index (χ4n) is 1.62. The minimum Gasteiger partial charge on any atom is -0.463 e. The number of hydrogen-bond acceptors (Lipinski definition) is 2. The Kier molecular flexibility index (Phi) is 7.54. The molecule has 0 radical (unpaired) electrons. The molecule has 2 nitrogen and oxygen atoms in total. The highest BCUT2D eigenvalue weighted by atomic mass is 16.5. The van der Waals surface area contributed by atoms with Crippen molar-refractivity contribution in [3.63, 3.8) is 0 Å². The van der Waals surface area contributed by atoms with Crippen LogP contribution in [0.4, 0.5) is 0 Å². The van der Waals surface area contributed by atoms with Crippen LogP contribution >= 0.6 is 0 Å². The summed E-state index contributed by atoms with van der Waals surface area (Å²) in [6.45, 7) is 8.31. The Morgan fingerprint density at radius 2 is 1.71 bits per heavy atom. The van der Waals surface area contributed by atoms with Crippen LogP contribution in [0.5, 0.6) is 0 Å². The summed E-state index contributed by atoms with van der Waals surface area (Å²) in [5.74, 6) is 0.424. The van der Waals surface area contributed by atoms with Gasteiger partial charge < -0.3 is 4.74 Å². The Morgan fingerprint density at radius 3 is 2.21 bits per heavy atom. The number of esters is 1. The summed E-state index contributed by atoms with van der Waals surface area (Å²) < 4.78 is 5.27. The maximum atomic E-state index is 11.4. The van der Waals surface area contributed by atoms with Crippen LogP contribution in [0.1, 0.15) is 59.8 Å². The molecule has 0 rings (SSSR count). The molecule has 0 aromatic carbocycles. The second-order valence-electron chi connectivity index (χ2n) is 4.19. The summed E-state index contributed by atoms with van der Waals surface area (Å²) in [6, 6.07) is 0. The molecule has 2 atom stereocenters. The van der Waals surface area contributed by atoms with E-state index >= 15 is 0 Å². The van der Waals surface area contributed by atoms with Crippen molar-refractivity contribution in [1.82, 2.24) is 0 Å². The van der Waals surface area contributed by atoms with Gasteiger partial charge >= 0.3 is 5.97 Å². The molecular weight excluding hydrogens is 176 g/mol. The average molecular weight is 200 g/mol. The Morgan fingerprint density at radius 1 is 1.14 bits per heavy atom. The monoisotopic (exact) mass is 200 g/mol. The highest BCUT2D eigenvalue weighted by molar-refractivity contribution is 5.69. The standard InChI is InChI=1S/C12H24O2/c1-5-7-10(3)9-12(13)14-11(4)8-6-2/h10-11H,5-9H2,1-4H3. The average Bonchev–Trinajstić information content (AvgIpc) is 2.03. The maximum absolute atomic E-state index is 11.4. The van der Waals surface area contributed by atoms with Crippen molar-refractivity contribution in [2.45, 2.75) is 65.9 Å². The topological polar surface area (TPSA) is 26.3 Å². The molecule has 0 fully saturated rings. The molecule has 0 N–H and O–H groups in total. The molecule has 0 aromatic rings. The predicted molar refractivity (Wildman–Crippen MR) is 59.2 cm³/mol. The van der Waals surface area contributed by atoms with Crippen molar-refractivity contribution in [2.75, 3.05) is 0 Å². The minimum atomic E-state index is -0.0353. The highest BCUT2D eigenvalue weighted by Gasteiger charge is 2.12. The molecule has 84 valence electrons. The van der Waals surface area contributed by atoms with Crippen LogP contribution in [-0.2, 0) is 9.53 Å². The molecule has 2 unspecified atom stereocenters. The van der Waals surface area contributed by atoms with E-state index in [1.807, 2.05) is 6.92 Å². The van der Waals surface area contributed by atoms with Crippen LogP contribution in [-0.4, -0.2) is 12.1 Å². The first-order chi connectivity index (χ1) is 6.60. The van der Waals surface area contributed by atoms with Crippen LogP contribution in [0, 0.1) is 5.92 Å². The quantitative estimate of drug-likeness (QED) is 0.587. The van der Waals surface area contributed by atoms with E-state index in [2.05, 4.69) is 20.8 Å². The van der Waals surface area contributed by atoms with E-state index < -0.39 is 0 Å². The summed E-state index contributed by atoms with van der Waals surface area (Å²) >= 11 is 0. The Hall–Kier alpha value is -0.530. The SMILES string of the molecule is CCCC(C)CC(=O)OC(C)CCC. The predicted octanol–water partition coefficient (Wildman–Crippen LogP) is 3.54. The zero-order chi connectivity index (χ0) is 11.0. The van der Waals surface area contributed by atoms with Gasteiger partial charge in [0.05, 0.1) is 6.10 Å². The van der Waals surface area contributed by atoms with Gasteiger partial charge in [-0.1, -0.05) is 40.0 Å². The second kappa shape index (κ2) is 7.84. The van der Waals surface area contributed by atoms with Crippen LogP contribution in [0.25, 0.3) is 0 Å². The molecule has 0 heterocycles. The lowest BCUT2D eigenvalue weighted by atomic mass is 10.0. The highest BCUT2D eigenvalue weighted by Crippen LogP contribution is 2.12. The van der Waals surface area contributed by atoms with Crippen molar-refractivity contribution in [2.24, 2.45) is 5.92 Å². The molecule has 0 bridgehead atoms. The lowest BCUT2D eigenvalue weighted by Gasteiger charge is -2.14. The fraction of sp³-hybridized carbons (Fsp3) is 0.917. The van der Waals surface area contributed by atoms with Crippen molar-refractivity contribution in [3.8, 4) is 0 Å². The third-order valence-electron chi connectivity index (χ3n) is 2.32. The molecule has 14 heavy (non-hydrogen) atoms. The molecule has 0 aliphatic heterocycles. The van der Waals surface area contributed by atoms with Crippen molar-refractivity contribution in [1.29, 1.82) is 0 Å². The van der Waals surface area contributed by atoms with Gasteiger partial charge in [0, 0.05) is 6.42 Å². The summed E-state index contributed by atoms with van der Waals surface area (Å²) in [5.41, 5.74) is 0. The third-order valence-corrected chi connectivity index (χ3v) is 2.32. The third kappa shape index (κ3) is 6.93. The van der Waals surface area contributed by atoms with Crippen molar-refractivity contribution in [3.05, 3.63) is 0 Å². The molecule has 0 amide bonds. The number of rotatable bonds is 7. The molecular formula is C12H24O2. The first kappa shape index (κ1) is 13.5. The zero-order valence-electron chi connectivity index (χ0n) is 10.0. The summed E-state index contributed by atoms with van der Waals surface area (Å²) in [6.07, 6.45) is 4.94. The van der Waals surface area contributed by atoms with Gasteiger partial charge in [0.1, 0.15) is 0 Å². The van der Waals surface area contributed by atoms with Crippen molar-refractivity contribution < 1.29 is 9.53 Å². The largest absolute Gasteiger partial charge is 0.463 e. The summed E-state index contributed by atoms with van der Waals surface area (Å²) in [4.78, 5) is 11.4. The molecule has 0 aliphatic rings. The van der Waals surface area contributed by atoms with Crippen LogP contribution in [0.15, 0.2) is 0 Å². The fourth-order valence-corrected chi connectivity index (χ4v) is 1.62. The van der Waals surface area contributed by atoms with E-state index in [1.54, 1.807) is 0 Å². The van der Waals surface area contributed by atoms with Crippen LogP contribution in [0.3, 0.4) is 0 Å². The zero-order valence-corrected chi connectivity index (χ0v) is 10.0. The number of ether oxygens (including phenoxy) is 1. The summed E-state index contributed by atoms with van der Waals surface area (Å²) in [5, 5.41) is 0. The smallest absolute Gasteiger partial charge is 0.306 e. The molecule has 0 saturated heterocycles. The maximum Gasteiger partial charge on any atom is 0.306 e. The number of hydrogen-bond donors (Lipinski definition) is 0. The molecule has 2 heteroatoms. The lowest BCUT2D eigenvalue weighted by molar-refractivity contribution is -0.149.